The molecule has 1 saturated heterocycles. The van der Waals surface area contributed by atoms with E-state index in [1.807, 2.05) is 25.1 Å². The largest absolute Gasteiger partial charge is 0.348 e. The van der Waals surface area contributed by atoms with Crippen LogP contribution >= 0.6 is 0 Å². The molecule has 0 saturated carbocycles. The van der Waals surface area contributed by atoms with Crippen LogP contribution in [0.4, 0.5) is 5.69 Å². The average molecular weight is 416 g/mol. The van der Waals surface area contributed by atoms with E-state index in [0.29, 0.717) is 17.7 Å². The van der Waals surface area contributed by atoms with Gasteiger partial charge in [0.05, 0.1) is 5.75 Å². The number of benzene rings is 2. The van der Waals surface area contributed by atoms with Crippen molar-refractivity contribution in [2.24, 2.45) is 0 Å². The molecule has 0 radical (unpaired) electrons. The third-order valence-corrected chi connectivity index (χ3v) is 6.45. The molecule has 0 bridgehead atoms. The number of carbonyl (C=O) groups excluding carboxylic acids is 1. The van der Waals surface area contributed by atoms with Crippen LogP contribution in [0.5, 0.6) is 0 Å². The number of hydrogen-bond acceptors (Lipinski definition) is 4. The van der Waals surface area contributed by atoms with Gasteiger partial charge in [-0.05, 0) is 49.6 Å². The fourth-order valence-electron chi connectivity index (χ4n) is 3.65. The molecule has 1 fully saturated rings. The Balaban J connectivity index is 1.59. The van der Waals surface area contributed by atoms with E-state index in [2.05, 4.69) is 27.1 Å². The zero-order valence-electron chi connectivity index (χ0n) is 16.8. The molecule has 1 aliphatic heterocycles. The molecule has 1 amide bonds. The number of sulfonamides is 1. The Morgan fingerprint density at radius 3 is 2.69 bits per heavy atom. The molecule has 0 spiro atoms. The van der Waals surface area contributed by atoms with Crippen LogP contribution in [-0.2, 0) is 16.6 Å². The van der Waals surface area contributed by atoms with E-state index in [1.165, 1.54) is 5.56 Å². The summed E-state index contributed by atoms with van der Waals surface area (Å²) in [5.74, 6) is -0.115. The number of likely N-dealkylation sites (tertiary alicyclic amines) is 1. The average Bonchev–Trinajstić information content (AvgIpc) is 2.69. The molecular weight excluding hydrogens is 386 g/mol. The first kappa shape index (κ1) is 21.3. The van der Waals surface area contributed by atoms with Crippen LogP contribution in [-0.4, -0.2) is 44.1 Å². The number of hydrogen-bond donors (Lipinski definition) is 2. The van der Waals surface area contributed by atoms with Crippen molar-refractivity contribution in [3.8, 4) is 0 Å². The second kappa shape index (κ2) is 9.89. The molecule has 1 atom stereocenters. The summed E-state index contributed by atoms with van der Waals surface area (Å²) in [5.41, 5.74) is 2.15. The minimum absolute atomic E-state index is 0.0583. The van der Waals surface area contributed by atoms with Crippen LogP contribution in [0.2, 0.25) is 0 Å². The van der Waals surface area contributed by atoms with Gasteiger partial charge in [0, 0.05) is 30.4 Å². The Labute approximate surface area is 173 Å². The van der Waals surface area contributed by atoms with Crippen LogP contribution in [0.15, 0.2) is 54.6 Å². The topological polar surface area (TPSA) is 78.5 Å². The number of amides is 1. The minimum atomic E-state index is -3.38. The Morgan fingerprint density at radius 1 is 1.14 bits per heavy atom. The normalized spacial score (nSPS) is 17.6. The number of carbonyl (C=O) groups is 1. The lowest BCUT2D eigenvalue weighted by Gasteiger charge is -2.33. The van der Waals surface area contributed by atoms with Gasteiger partial charge in [0.25, 0.3) is 5.91 Å². The Kier molecular flexibility index (Phi) is 7.28. The maximum absolute atomic E-state index is 12.7. The van der Waals surface area contributed by atoms with E-state index in [0.717, 1.165) is 32.5 Å². The SMILES string of the molecule is CCCS(=O)(=O)Nc1cccc(C(=O)NC2CCCN(Cc3ccccc3)C2)c1. The zero-order chi connectivity index (χ0) is 20.7. The molecule has 29 heavy (non-hydrogen) atoms. The molecule has 156 valence electrons. The highest BCUT2D eigenvalue weighted by Crippen LogP contribution is 2.16. The number of piperidine rings is 1. The number of nitrogens with one attached hydrogen (secondary N) is 2. The summed E-state index contributed by atoms with van der Waals surface area (Å²) in [7, 11) is -3.38. The summed E-state index contributed by atoms with van der Waals surface area (Å²) in [5, 5.41) is 3.11. The summed E-state index contributed by atoms with van der Waals surface area (Å²) in [4.78, 5) is 15.1. The van der Waals surface area contributed by atoms with Crippen molar-refractivity contribution in [2.75, 3.05) is 23.6 Å². The number of anilines is 1. The van der Waals surface area contributed by atoms with Crippen molar-refractivity contribution in [2.45, 2.75) is 38.8 Å². The standard InChI is InChI=1S/C22H29N3O3S/c1-2-14-29(27,28)24-20-11-6-10-19(15-20)22(26)23-21-12-7-13-25(17-21)16-18-8-4-3-5-9-18/h3-6,8-11,15,21,24H,2,7,12-14,16-17H2,1H3,(H,23,26). The van der Waals surface area contributed by atoms with Gasteiger partial charge in [-0.2, -0.15) is 0 Å². The molecule has 1 heterocycles. The molecule has 3 rings (SSSR count). The van der Waals surface area contributed by atoms with E-state index in [1.54, 1.807) is 24.3 Å². The van der Waals surface area contributed by atoms with Gasteiger partial charge < -0.3 is 5.32 Å². The highest BCUT2D eigenvalue weighted by Gasteiger charge is 2.22. The minimum Gasteiger partial charge on any atom is -0.348 e. The first-order chi connectivity index (χ1) is 13.9. The van der Waals surface area contributed by atoms with Crippen molar-refractivity contribution < 1.29 is 13.2 Å². The van der Waals surface area contributed by atoms with E-state index in [9.17, 15) is 13.2 Å². The fraction of sp³-hybridized carbons (Fsp3) is 0.409. The lowest BCUT2D eigenvalue weighted by Crippen LogP contribution is -2.47. The lowest BCUT2D eigenvalue weighted by molar-refractivity contribution is 0.0901. The molecule has 0 aliphatic carbocycles. The van der Waals surface area contributed by atoms with Crippen molar-refractivity contribution in [3.05, 3.63) is 65.7 Å². The second-order valence-electron chi connectivity index (χ2n) is 7.54. The predicted molar refractivity (Wildman–Crippen MR) is 116 cm³/mol. The van der Waals surface area contributed by atoms with E-state index in [4.69, 9.17) is 0 Å². The van der Waals surface area contributed by atoms with Crippen LogP contribution in [0.25, 0.3) is 0 Å². The maximum atomic E-state index is 12.7. The summed E-state index contributed by atoms with van der Waals surface area (Å²) in [6, 6.07) is 17.1. The van der Waals surface area contributed by atoms with Gasteiger partial charge in [0.1, 0.15) is 0 Å². The van der Waals surface area contributed by atoms with Gasteiger partial charge in [-0.15, -0.1) is 0 Å². The molecule has 2 N–H and O–H groups in total. The molecule has 7 heteroatoms. The molecule has 2 aromatic carbocycles. The fourth-order valence-corrected chi connectivity index (χ4v) is 4.78. The summed E-state index contributed by atoms with van der Waals surface area (Å²) < 4.78 is 26.5. The molecule has 0 aromatic heterocycles. The zero-order valence-corrected chi connectivity index (χ0v) is 17.6. The predicted octanol–water partition coefficient (Wildman–Crippen LogP) is 3.23. The third-order valence-electron chi connectivity index (χ3n) is 4.96. The van der Waals surface area contributed by atoms with Crippen molar-refractivity contribution >= 4 is 21.6 Å². The summed E-state index contributed by atoms with van der Waals surface area (Å²) >= 11 is 0. The molecule has 2 aromatic rings. The van der Waals surface area contributed by atoms with Gasteiger partial charge >= 0.3 is 0 Å². The highest BCUT2D eigenvalue weighted by atomic mass is 32.2. The first-order valence-electron chi connectivity index (χ1n) is 10.1. The molecule has 1 aliphatic rings. The van der Waals surface area contributed by atoms with Crippen LogP contribution in [0, 0.1) is 0 Å². The molecule has 1 unspecified atom stereocenters. The maximum Gasteiger partial charge on any atom is 0.251 e. The first-order valence-corrected chi connectivity index (χ1v) is 11.8. The highest BCUT2D eigenvalue weighted by molar-refractivity contribution is 7.92. The van der Waals surface area contributed by atoms with E-state index < -0.39 is 10.0 Å². The van der Waals surface area contributed by atoms with Crippen LogP contribution in [0.3, 0.4) is 0 Å². The van der Waals surface area contributed by atoms with Crippen LogP contribution in [0.1, 0.15) is 42.1 Å². The van der Waals surface area contributed by atoms with Gasteiger partial charge in [-0.3, -0.25) is 14.4 Å². The van der Waals surface area contributed by atoms with Crippen molar-refractivity contribution in [1.29, 1.82) is 0 Å². The quantitative estimate of drug-likeness (QED) is 0.694. The molecule has 6 nitrogen and oxygen atoms in total. The monoisotopic (exact) mass is 415 g/mol. The smallest absolute Gasteiger partial charge is 0.251 e. The van der Waals surface area contributed by atoms with Gasteiger partial charge in [-0.1, -0.05) is 43.3 Å². The van der Waals surface area contributed by atoms with E-state index >= 15 is 0 Å². The number of rotatable bonds is 8. The van der Waals surface area contributed by atoms with Crippen LogP contribution < -0.4 is 10.0 Å². The summed E-state index contributed by atoms with van der Waals surface area (Å²) in [6.45, 7) is 4.52. The second-order valence-corrected chi connectivity index (χ2v) is 9.38. The number of nitrogens with zero attached hydrogens (tertiary/aromatic N) is 1. The Hall–Kier alpha value is -2.38. The van der Waals surface area contributed by atoms with Crippen molar-refractivity contribution in [3.63, 3.8) is 0 Å². The Bertz CT molecular complexity index is 916. The van der Waals surface area contributed by atoms with E-state index in [-0.39, 0.29) is 17.7 Å². The Morgan fingerprint density at radius 2 is 1.93 bits per heavy atom. The van der Waals surface area contributed by atoms with Crippen molar-refractivity contribution in [1.82, 2.24) is 10.2 Å². The molecular formula is C22H29N3O3S. The summed E-state index contributed by atoms with van der Waals surface area (Å²) in [6.07, 6.45) is 2.52. The van der Waals surface area contributed by atoms with Gasteiger partial charge in [0.15, 0.2) is 0 Å². The lowest BCUT2D eigenvalue weighted by atomic mass is 10.0. The third kappa shape index (κ3) is 6.58. The van der Waals surface area contributed by atoms with Gasteiger partial charge in [-0.25, -0.2) is 8.42 Å². The van der Waals surface area contributed by atoms with Gasteiger partial charge in [0.2, 0.25) is 10.0 Å².